The highest BCUT2D eigenvalue weighted by molar-refractivity contribution is 6.01. The van der Waals surface area contributed by atoms with E-state index in [2.05, 4.69) is 16.4 Å². The van der Waals surface area contributed by atoms with Gasteiger partial charge in [-0.05, 0) is 30.3 Å². The van der Waals surface area contributed by atoms with Gasteiger partial charge in [-0.3, -0.25) is 14.6 Å². The third kappa shape index (κ3) is 4.28. The summed E-state index contributed by atoms with van der Waals surface area (Å²) in [5.41, 5.74) is 2.42. The predicted octanol–water partition coefficient (Wildman–Crippen LogP) is 3.49. The van der Waals surface area contributed by atoms with Gasteiger partial charge in [0.25, 0.3) is 0 Å². The van der Waals surface area contributed by atoms with Crippen molar-refractivity contribution in [3.05, 3.63) is 66.4 Å². The highest BCUT2D eigenvalue weighted by Gasteiger charge is 2.14. The highest BCUT2D eigenvalue weighted by atomic mass is 16.2. The van der Waals surface area contributed by atoms with Gasteiger partial charge in [0.15, 0.2) is 0 Å². The molecule has 0 spiro atoms. The lowest BCUT2D eigenvalue weighted by Crippen LogP contribution is -2.32. The minimum absolute atomic E-state index is 0.125. The molecular weight excluding hydrogens is 340 g/mol. The standard InChI is InChI=1S/C21H18N4O2/c1-15(26)25(18-8-2-5-16(13-18)14-22)12-10-20(27)24-19-9-3-6-17-7-4-11-23-21(17)19/h2-9,11,13H,10,12H2,1H3,(H,24,27). The monoisotopic (exact) mass is 358 g/mol. The van der Waals surface area contributed by atoms with E-state index in [4.69, 9.17) is 5.26 Å². The van der Waals surface area contributed by atoms with Gasteiger partial charge in [0.05, 0.1) is 22.8 Å². The van der Waals surface area contributed by atoms with Crippen LogP contribution < -0.4 is 10.2 Å². The first-order chi connectivity index (χ1) is 13.1. The number of rotatable bonds is 5. The van der Waals surface area contributed by atoms with Gasteiger partial charge in [-0.25, -0.2) is 0 Å². The number of hydrogen-bond acceptors (Lipinski definition) is 4. The molecule has 2 amide bonds. The Hall–Kier alpha value is -3.72. The number of amides is 2. The quantitative estimate of drug-likeness (QED) is 0.756. The van der Waals surface area contributed by atoms with Crippen LogP contribution in [-0.2, 0) is 9.59 Å². The van der Waals surface area contributed by atoms with E-state index in [9.17, 15) is 9.59 Å². The SMILES string of the molecule is CC(=O)N(CCC(=O)Nc1cccc2cccnc12)c1cccc(C#N)c1. The fourth-order valence-corrected chi connectivity index (χ4v) is 2.84. The summed E-state index contributed by atoms with van der Waals surface area (Å²) in [5, 5.41) is 12.8. The van der Waals surface area contributed by atoms with E-state index < -0.39 is 0 Å². The minimum Gasteiger partial charge on any atom is -0.324 e. The fraction of sp³-hybridized carbons (Fsp3) is 0.143. The second kappa shape index (κ2) is 8.11. The van der Waals surface area contributed by atoms with Gasteiger partial charge in [0, 0.05) is 37.2 Å². The number of nitrogens with one attached hydrogen (secondary N) is 1. The number of hydrogen-bond donors (Lipinski definition) is 1. The van der Waals surface area contributed by atoms with Crippen LogP contribution in [0.5, 0.6) is 0 Å². The maximum Gasteiger partial charge on any atom is 0.226 e. The number of benzene rings is 2. The molecule has 134 valence electrons. The summed E-state index contributed by atoms with van der Waals surface area (Å²) in [5.74, 6) is -0.402. The van der Waals surface area contributed by atoms with Crippen molar-refractivity contribution in [3.8, 4) is 6.07 Å². The molecular formula is C21H18N4O2. The number of nitriles is 1. The average Bonchev–Trinajstić information content (AvgIpc) is 2.68. The molecule has 0 aliphatic carbocycles. The summed E-state index contributed by atoms with van der Waals surface area (Å²) in [6, 6.07) is 18.2. The number of nitrogens with zero attached hydrogens (tertiary/aromatic N) is 3. The number of anilines is 2. The first-order valence-electron chi connectivity index (χ1n) is 8.50. The Labute approximate surface area is 157 Å². The highest BCUT2D eigenvalue weighted by Crippen LogP contribution is 2.21. The van der Waals surface area contributed by atoms with E-state index in [1.807, 2.05) is 24.3 Å². The number of carbonyl (C=O) groups is 2. The van der Waals surface area contributed by atoms with Crippen molar-refractivity contribution in [3.63, 3.8) is 0 Å². The van der Waals surface area contributed by atoms with E-state index in [1.165, 1.54) is 11.8 Å². The maximum absolute atomic E-state index is 12.4. The van der Waals surface area contributed by atoms with Crippen LogP contribution in [-0.4, -0.2) is 23.3 Å². The molecule has 0 aliphatic heterocycles. The van der Waals surface area contributed by atoms with Gasteiger partial charge in [0.1, 0.15) is 0 Å². The molecule has 1 N–H and O–H groups in total. The topological polar surface area (TPSA) is 86.1 Å². The van der Waals surface area contributed by atoms with Crippen molar-refractivity contribution in [2.75, 3.05) is 16.8 Å². The first kappa shape index (κ1) is 18.1. The molecule has 0 fully saturated rings. The van der Waals surface area contributed by atoms with Crippen LogP contribution in [0.3, 0.4) is 0 Å². The van der Waals surface area contributed by atoms with Crippen LogP contribution >= 0.6 is 0 Å². The van der Waals surface area contributed by atoms with Crippen LogP contribution in [0.25, 0.3) is 10.9 Å². The van der Waals surface area contributed by atoms with E-state index in [-0.39, 0.29) is 24.8 Å². The number of para-hydroxylation sites is 1. The van der Waals surface area contributed by atoms with Gasteiger partial charge in [-0.2, -0.15) is 5.26 Å². The summed E-state index contributed by atoms with van der Waals surface area (Å²) < 4.78 is 0. The summed E-state index contributed by atoms with van der Waals surface area (Å²) in [7, 11) is 0. The molecule has 0 atom stereocenters. The van der Waals surface area contributed by atoms with Crippen molar-refractivity contribution in [2.24, 2.45) is 0 Å². The maximum atomic E-state index is 12.4. The zero-order valence-corrected chi connectivity index (χ0v) is 14.8. The van der Waals surface area contributed by atoms with Crippen molar-refractivity contribution >= 4 is 34.1 Å². The molecule has 0 radical (unpaired) electrons. The van der Waals surface area contributed by atoms with Crippen molar-refractivity contribution < 1.29 is 9.59 Å². The number of carbonyl (C=O) groups excluding carboxylic acids is 2. The predicted molar refractivity (Wildman–Crippen MR) is 104 cm³/mol. The normalized spacial score (nSPS) is 10.2. The fourth-order valence-electron chi connectivity index (χ4n) is 2.84. The number of fused-ring (bicyclic) bond motifs is 1. The number of pyridine rings is 1. The Morgan fingerprint density at radius 1 is 1.15 bits per heavy atom. The zero-order valence-electron chi connectivity index (χ0n) is 14.8. The van der Waals surface area contributed by atoms with Crippen LogP contribution in [0.2, 0.25) is 0 Å². The Kier molecular flexibility index (Phi) is 5.43. The molecule has 3 rings (SSSR count). The third-order valence-corrected chi connectivity index (χ3v) is 4.14. The molecule has 6 nitrogen and oxygen atoms in total. The Balaban J connectivity index is 1.71. The molecule has 0 unspecified atom stereocenters. The minimum atomic E-state index is -0.212. The van der Waals surface area contributed by atoms with Crippen LogP contribution in [0.1, 0.15) is 18.9 Å². The summed E-state index contributed by atoms with van der Waals surface area (Å²) in [6.07, 6.45) is 1.80. The van der Waals surface area contributed by atoms with E-state index in [0.29, 0.717) is 16.9 Å². The molecule has 0 bridgehead atoms. The molecule has 6 heteroatoms. The van der Waals surface area contributed by atoms with E-state index in [0.717, 1.165) is 10.9 Å². The second-order valence-electron chi connectivity index (χ2n) is 6.01. The summed E-state index contributed by atoms with van der Waals surface area (Å²) in [4.78, 5) is 30.2. The van der Waals surface area contributed by atoms with Gasteiger partial charge in [0.2, 0.25) is 11.8 Å². The first-order valence-corrected chi connectivity index (χ1v) is 8.50. The lowest BCUT2D eigenvalue weighted by Gasteiger charge is -2.21. The second-order valence-corrected chi connectivity index (χ2v) is 6.01. The largest absolute Gasteiger partial charge is 0.324 e. The Morgan fingerprint density at radius 3 is 2.70 bits per heavy atom. The smallest absolute Gasteiger partial charge is 0.226 e. The zero-order chi connectivity index (χ0) is 19.2. The Bertz CT molecular complexity index is 1030. The van der Waals surface area contributed by atoms with Crippen molar-refractivity contribution in [1.29, 1.82) is 5.26 Å². The van der Waals surface area contributed by atoms with E-state index >= 15 is 0 Å². The Morgan fingerprint density at radius 2 is 1.93 bits per heavy atom. The molecule has 0 saturated carbocycles. The lowest BCUT2D eigenvalue weighted by atomic mass is 10.2. The molecule has 27 heavy (non-hydrogen) atoms. The molecule has 2 aromatic carbocycles. The van der Waals surface area contributed by atoms with Crippen LogP contribution in [0.15, 0.2) is 60.8 Å². The van der Waals surface area contributed by atoms with Crippen molar-refractivity contribution in [1.82, 2.24) is 4.98 Å². The number of aromatic nitrogens is 1. The molecule has 0 aliphatic rings. The van der Waals surface area contributed by atoms with Gasteiger partial charge >= 0.3 is 0 Å². The molecule has 1 aromatic heterocycles. The van der Waals surface area contributed by atoms with Gasteiger partial charge in [-0.15, -0.1) is 0 Å². The van der Waals surface area contributed by atoms with E-state index in [1.54, 1.807) is 36.5 Å². The molecule has 0 saturated heterocycles. The molecule has 3 aromatic rings. The van der Waals surface area contributed by atoms with Crippen LogP contribution in [0.4, 0.5) is 11.4 Å². The summed E-state index contributed by atoms with van der Waals surface area (Å²) in [6.45, 7) is 1.65. The third-order valence-electron chi connectivity index (χ3n) is 4.14. The summed E-state index contributed by atoms with van der Waals surface area (Å²) >= 11 is 0. The molecule has 1 heterocycles. The average molecular weight is 358 g/mol. The lowest BCUT2D eigenvalue weighted by molar-refractivity contribution is -0.117. The van der Waals surface area contributed by atoms with Gasteiger partial charge in [-0.1, -0.05) is 24.3 Å². The van der Waals surface area contributed by atoms with Crippen molar-refractivity contribution in [2.45, 2.75) is 13.3 Å². The van der Waals surface area contributed by atoms with Crippen LogP contribution in [0, 0.1) is 11.3 Å². The van der Waals surface area contributed by atoms with Gasteiger partial charge < -0.3 is 10.2 Å².